The molecule has 0 fully saturated rings. The number of nitrogens with zero attached hydrogens (tertiary/aromatic N) is 1. The summed E-state index contributed by atoms with van der Waals surface area (Å²) in [6.07, 6.45) is 0.716. The van der Waals surface area contributed by atoms with E-state index in [9.17, 15) is 14.4 Å². The summed E-state index contributed by atoms with van der Waals surface area (Å²) in [4.78, 5) is 38.8. The molecule has 0 bridgehead atoms. The molecule has 9 heteroatoms. The second kappa shape index (κ2) is 11.8. The number of hydrogen-bond acceptors (Lipinski definition) is 7. The summed E-state index contributed by atoms with van der Waals surface area (Å²) in [6, 6.07) is 5.60. The number of benzene rings is 1. The summed E-state index contributed by atoms with van der Waals surface area (Å²) < 4.78 is 0. The fraction of sp³-hybridized carbons (Fsp3) is 0.444. The number of amides is 1. The van der Waals surface area contributed by atoms with Crippen LogP contribution >= 0.6 is 0 Å². The zero-order valence-corrected chi connectivity index (χ0v) is 15.3. The van der Waals surface area contributed by atoms with Gasteiger partial charge < -0.3 is 31.5 Å². The molecule has 1 aromatic rings. The first-order valence-corrected chi connectivity index (χ1v) is 8.56. The van der Waals surface area contributed by atoms with Crippen LogP contribution in [0.25, 0.3) is 0 Å². The van der Waals surface area contributed by atoms with Gasteiger partial charge in [0.25, 0.3) is 0 Å². The molecular formula is C18H26N4O5. The Morgan fingerprint density at radius 3 is 2.56 bits per heavy atom. The van der Waals surface area contributed by atoms with Crippen molar-refractivity contribution < 1.29 is 24.3 Å². The molecule has 0 aliphatic heterocycles. The van der Waals surface area contributed by atoms with Crippen molar-refractivity contribution in [1.82, 2.24) is 5.32 Å². The van der Waals surface area contributed by atoms with Gasteiger partial charge in [0, 0.05) is 13.0 Å². The molecular weight excluding hydrogens is 352 g/mol. The number of carboxylic acid groups (broad SMARTS) is 1. The van der Waals surface area contributed by atoms with Crippen LogP contribution in [0.2, 0.25) is 0 Å². The molecule has 1 rings (SSSR count). The number of aliphatic carboxylic acids is 1. The zero-order chi connectivity index (χ0) is 20.2. The van der Waals surface area contributed by atoms with Gasteiger partial charge >= 0.3 is 5.97 Å². The number of nitrogens with one attached hydrogen (secondary N) is 1. The number of rotatable bonds is 12. The minimum absolute atomic E-state index is 0.00623. The highest BCUT2D eigenvalue weighted by molar-refractivity contribution is 5.98. The highest BCUT2D eigenvalue weighted by Crippen LogP contribution is 2.08. The molecule has 0 aromatic heterocycles. The fourth-order valence-corrected chi connectivity index (χ4v) is 2.22. The predicted molar refractivity (Wildman–Crippen MR) is 100 cm³/mol. The Labute approximate surface area is 157 Å². The van der Waals surface area contributed by atoms with E-state index in [1.165, 1.54) is 0 Å². The van der Waals surface area contributed by atoms with Gasteiger partial charge in [-0.2, -0.15) is 0 Å². The van der Waals surface area contributed by atoms with Gasteiger partial charge in [0.2, 0.25) is 5.91 Å². The van der Waals surface area contributed by atoms with Crippen LogP contribution in [0.1, 0.15) is 30.9 Å². The molecule has 0 spiro atoms. The van der Waals surface area contributed by atoms with Crippen LogP contribution in [0.5, 0.6) is 0 Å². The predicted octanol–water partition coefficient (Wildman–Crippen LogP) is -0.196. The summed E-state index contributed by atoms with van der Waals surface area (Å²) in [5, 5.41) is 15.1. The first kappa shape index (κ1) is 22.3. The maximum absolute atomic E-state index is 12.0. The van der Waals surface area contributed by atoms with E-state index in [-0.39, 0.29) is 12.8 Å². The molecule has 0 heterocycles. The molecule has 0 saturated carbocycles. The van der Waals surface area contributed by atoms with Crippen molar-refractivity contribution in [2.45, 2.75) is 38.3 Å². The van der Waals surface area contributed by atoms with Crippen LogP contribution in [0, 0.1) is 0 Å². The number of aldehydes is 1. The molecule has 0 unspecified atom stereocenters. The van der Waals surface area contributed by atoms with E-state index in [1.807, 2.05) is 24.3 Å². The van der Waals surface area contributed by atoms with Crippen LogP contribution < -0.4 is 16.8 Å². The largest absolute Gasteiger partial charge is 0.481 e. The van der Waals surface area contributed by atoms with Crippen LogP contribution in [-0.2, 0) is 25.6 Å². The molecule has 148 valence electrons. The maximum Gasteiger partial charge on any atom is 0.303 e. The van der Waals surface area contributed by atoms with Crippen molar-refractivity contribution in [2.24, 2.45) is 16.6 Å². The summed E-state index contributed by atoms with van der Waals surface area (Å²) in [5.41, 5.74) is 13.4. The van der Waals surface area contributed by atoms with E-state index in [0.29, 0.717) is 31.6 Å². The van der Waals surface area contributed by atoms with E-state index in [1.54, 1.807) is 6.92 Å². The summed E-state index contributed by atoms with van der Waals surface area (Å²) in [5.74, 6) is -1.58. The Kier molecular flexibility index (Phi) is 9.70. The summed E-state index contributed by atoms with van der Waals surface area (Å²) in [7, 11) is 0. The lowest BCUT2D eigenvalue weighted by atomic mass is 10.0. The third-order valence-electron chi connectivity index (χ3n) is 3.74. The van der Waals surface area contributed by atoms with Crippen LogP contribution in [-0.4, -0.2) is 54.2 Å². The standard InChI is InChI=1S/C18H26N4O5/c1-12(22-27-9-8-19)14-4-2-13(3-5-14)10-15(11-23)21-18(26)16(20)6-7-17(24)25/h2-5,11,15-16H,6-10,19-20H2,1H3,(H,21,26)(H,24,25)/b22-12+/t15-,16+/m0/s1. The summed E-state index contributed by atoms with van der Waals surface area (Å²) in [6.45, 7) is 2.53. The molecule has 2 atom stereocenters. The number of carboxylic acids is 1. The smallest absolute Gasteiger partial charge is 0.303 e. The van der Waals surface area contributed by atoms with Gasteiger partial charge in [0.15, 0.2) is 0 Å². The van der Waals surface area contributed by atoms with Crippen LogP contribution in [0.15, 0.2) is 29.4 Å². The minimum Gasteiger partial charge on any atom is -0.481 e. The van der Waals surface area contributed by atoms with Crippen molar-refractivity contribution >= 4 is 23.9 Å². The maximum atomic E-state index is 12.0. The van der Waals surface area contributed by atoms with Gasteiger partial charge in [0.1, 0.15) is 12.9 Å². The lowest BCUT2D eigenvalue weighted by Gasteiger charge is -2.16. The quantitative estimate of drug-likeness (QED) is 0.170. The second-order valence-electron chi connectivity index (χ2n) is 5.99. The first-order chi connectivity index (χ1) is 12.9. The topological polar surface area (TPSA) is 157 Å². The van der Waals surface area contributed by atoms with Crippen molar-refractivity contribution in [3.63, 3.8) is 0 Å². The molecule has 0 saturated heterocycles. The van der Waals surface area contributed by atoms with Crippen LogP contribution in [0.3, 0.4) is 0 Å². The molecule has 0 aliphatic rings. The van der Waals surface area contributed by atoms with E-state index < -0.39 is 24.0 Å². The van der Waals surface area contributed by atoms with Crippen molar-refractivity contribution in [3.8, 4) is 0 Å². The molecule has 9 nitrogen and oxygen atoms in total. The average Bonchev–Trinajstić information content (AvgIpc) is 2.65. The lowest BCUT2D eigenvalue weighted by Crippen LogP contribution is -2.47. The average molecular weight is 378 g/mol. The van der Waals surface area contributed by atoms with Gasteiger partial charge in [-0.15, -0.1) is 0 Å². The van der Waals surface area contributed by atoms with Gasteiger partial charge in [-0.25, -0.2) is 0 Å². The lowest BCUT2D eigenvalue weighted by molar-refractivity contribution is -0.137. The van der Waals surface area contributed by atoms with Gasteiger partial charge in [-0.05, 0) is 30.9 Å². The van der Waals surface area contributed by atoms with Crippen LogP contribution in [0.4, 0.5) is 0 Å². The molecule has 0 aliphatic carbocycles. The Hall–Kier alpha value is -2.78. The van der Waals surface area contributed by atoms with E-state index in [4.69, 9.17) is 21.4 Å². The second-order valence-corrected chi connectivity index (χ2v) is 5.99. The Balaban J connectivity index is 2.61. The van der Waals surface area contributed by atoms with E-state index in [0.717, 1.165) is 11.1 Å². The van der Waals surface area contributed by atoms with Gasteiger partial charge in [0.05, 0.1) is 17.8 Å². The van der Waals surface area contributed by atoms with Crippen molar-refractivity contribution in [2.75, 3.05) is 13.2 Å². The molecule has 1 amide bonds. The first-order valence-electron chi connectivity index (χ1n) is 8.56. The molecule has 6 N–H and O–H groups in total. The Morgan fingerprint density at radius 2 is 2.00 bits per heavy atom. The third-order valence-corrected chi connectivity index (χ3v) is 3.74. The van der Waals surface area contributed by atoms with Gasteiger partial charge in [-0.3, -0.25) is 9.59 Å². The number of oxime groups is 1. The normalized spacial score (nSPS) is 13.5. The molecule has 27 heavy (non-hydrogen) atoms. The SMILES string of the molecule is C/C(=N\OCCN)c1ccc(C[C@@H](C=O)NC(=O)[C@H](N)CCC(=O)O)cc1. The highest BCUT2D eigenvalue weighted by atomic mass is 16.6. The molecule has 1 aromatic carbocycles. The minimum atomic E-state index is -1.03. The van der Waals surface area contributed by atoms with Gasteiger partial charge in [-0.1, -0.05) is 29.4 Å². The van der Waals surface area contributed by atoms with Crippen molar-refractivity contribution in [3.05, 3.63) is 35.4 Å². The fourth-order valence-electron chi connectivity index (χ4n) is 2.22. The summed E-state index contributed by atoms with van der Waals surface area (Å²) >= 11 is 0. The Morgan fingerprint density at radius 1 is 1.33 bits per heavy atom. The highest BCUT2D eigenvalue weighted by Gasteiger charge is 2.19. The third kappa shape index (κ3) is 8.43. The zero-order valence-electron chi connectivity index (χ0n) is 15.3. The van der Waals surface area contributed by atoms with E-state index >= 15 is 0 Å². The Bertz CT molecular complexity index is 660. The number of hydrogen-bond donors (Lipinski definition) is 4. The van der Waals surface area contributed by atoms with E-state index in [2.05, 4.69) is 10.5 Å². The number of nitrogens with two attached hydrogens (primary N) is 2. The number of carbonyl (C=O) groups excluding carboxylic acids is 2. The monoisotopic (exact) mass is 378 g/mol. The number of carbonyl (C=O) groups is 3. The van der Waals surface area contributed by atoms with Crippen molar-refractivity contribution in [1.29, 1.82) is 0 Å². The molecule has 0 radical (unpaired) electrons.